The third kappa shape index (κ3) is 4.69. The molecule has 0 radical (unpaired) electrons. The summed E-state index contributed by atoms with van der Waals surface area (Å²) in [5, 5.41) is 11.5. The molecule has 3 nitrogen and oxygen atoms in total. The van der Waals surface area contributed by atoms with Gasteiger partial charge >= 0.3 is 0 Å². The van der Waals surface area contributed by atoms with Gasteiger partial charge in [0.25, 0.3) is 0 Å². The van der Waals surface area contributed by atoms with Gasteiger partial charge in [0.05, 0.1) is 18.9 Å². The van der Waals surface area contributed by atoms with Crippen molar-refractivity contribution in [2.75, 3.05) is 0 Å². The first-order valence-electron chi connectivity index (χ1n) is 5.87. The van der Waals surface area contributed by atoms with Gasteiger partial charge < -0.3 is 5.32 Å². The van der Waals surface area contributed by atoms with Gasteiger partial charge in [0.1, 0.15) is 0 Å². The molecule has 0 bridgehead atoms. The van der Waals surface area contributed by atoms with Crippen LogP contribution in [-0.4, -0.2) is 11.9 Å². The SMILES string of the molecule is CCC(CC#N)NC(=O)Cc1cccc(C)c1. The number of benzene rings is 1. The van der Waals surface area contributed by atoms with Gasteiger partial charge in [-0.25, -0.2) is 0 Å². The minimum Gasteiger partial charge on any atom is -0.352 e. The summed E-state index contributed by atoms with van der Waals surface area (Å²) in [5.74, 6) is -0.0160. The van der Waals surface area contributed by atoms with Gasteiger partial charge in [-0.2, -0.15) is 5.26 Å². The number of nitrogens with zero attached hydrogens (tertiary/aromatic N) is 1. The van der Waals surface area contributed by atoms with Gasteiger partial charge in [0, 0.05) is 6.04 Å². The third-order valence-corrected chi connectivity index (χ3v) is 2.64. The minimum atomic E-state index is -0.0303. The summed E-state index contributed by atoms with van der Waals surface area (Å²) in [6, 6.07) is 9.95. The standard InChI is InChI=1S/C14H18N2O/c1-3-13(7-8-15)16-14(17)10-12-6-4-5-11(2)9-12/h4-6,9,13H,3,7,10H2,1-2H3,(H,16,17). The first kappa shape index (κ1) is 13.2. The molecule has 1 atom stereocenters. The van der Waals surface area contributed by atoms with Crippen LogP contribution in [0.25, 0.3) is 0 Å². The summed E-state index contributed by atoms with van der Waals surface area (Å²) in [6.45, 7) is 3.97. The Labute approximate surface area is 102 Å². The molecule has 0 aromatic heterocycles. The van der Waals surface area contributed by atoms with E-state index in [4.69, 9.17) is 5.26 Å². The minimum absolute atomic E-state index is 0.0160. The average Bonchev–Trinajstić information content (AvgIpc) is 2.28. The number of carbonyl (C=O) groups excluding carboxylic acids is 1. The van der Waals surface area contributed by atoms with E-state index in [1.807, 2.05) is 38.1 Å². The molecule has 1 amide bonds. The van der Waals surface area contributed by atoms with Crippen LogP contribution in [-0.2, 0) is 11.2 Å². The summed E-state index contributed by atoms with van der Waals surface area (Å²) < 4.78 is 0. The van der Waals surface area contributed by atoms with Crippen LogP contribution in [0.15, 0.2) is 24.3 Å². The molecular formula is C14H18N2O. The highest BCUT2D eigenvalue weighted by atomic mass is 16.1. The van der Waals surface area contributed by atoms with Crippen molar-refractivity contribution < 1.29 is 4.79 Å². The van der Waals surface area contributed by atoms with Crippen LogP contribution in [0.4, 0.5) is 0 Å². The zero-order chi connectivity index (χ0) is 12.7. The zero-order valence-electron chi connectivity index (χ0n) is 10.4. The number of rotatable bonds is 5. The molecule has 1 aromatic rings. The van der Waals surface area contributed by atoms with Crippen molar-refractivity contribution in [2.45, 2.75) is 39.2 Å². The normalized spacial score (nSPS) is 11.6. The molecule has 1 unspecified atom stereocenters. The van der Waals surface area contributed by atoms with Crippen molar-refractivity contribution in [2.24, 2.45) is 0 Å². The Bertz CT molecular complexity index is 420. The van der Waals surface area contributed by atoms with E-state index < -0.39 is 0 Å². The molecule has 0 fully saturated rings. The molecule has 0 aliphatic carbocycles. The molecule has 1 rings (SSSR count). The Hall–Kier alpha value is -1.82. The number of hydrogen-bond acceptors (Lipinski definition) is 2. The zero-order valence-corrected chi connectivity index (χ0v) is 10.4. The molecule has 0 saturated carbocycles. The van der Waals surface area contributed by atoms with Crippen molar-refractivity contribution in [1.82, 2.24) is 5.32 Å². The van der Waals surface area contributed by atoms with Crippen molar-refractivity contribution in [1.29, 1.82) is 5.26 Å². The molecule has 0 aliphatic heterocycles. The average molecular weight is 230 g/mol. The number of carbonyl (C=O) groups is 1. The predicted molar refractivity (Wildman–Crippen MR) is 67.3 cm³/mol. The van der Waals surface area contributed by atoms with Crippen LogP contribution in [0.1, 0.15) is 30.9 Å². The predicted octanol–water partition coefficient (Wildman–Crippen LogP) is 2.35. The topological polar surface area (TPSA) is 52.9 Å². The van der Waals surface area contributed by atoms with Crippen LogP contribution in [0.3, 0.4) is 0 Å². The van der Waals surface area contributed by atoms with E-state index in [-0.39, 0.29) is 11.9 Å². The molecule has 3 heteroatoms. The van der Waals surface area contributed by atoms with Crippen molar-refractivity contribution in [3.8, 4) is 6.07 Å². The molecule has 1 N–H and O–H groups in total. The summed E-state index contributed by atoms with van der Waals surface area (Å²) in [7, 11) is 0. The van der Waals surface area contributed by atoms with Crippen molar-refractivity contribution in [3.63, 3.8) is 0 Å². The van der Waals surface area contributed by atoms with Crippen LogP contribution >= 0.6 is 0 Å². The molecule has 0 saturated heterocycles. The molecule has 0 spiro atoms. The molecule has 17 heavy (non-hydrogen) atoms. The second-order valence-electron chi connectivity index (χ2n) is 4.20. The summed E-state index contributed by atoms with van der Waals surface area (Å²) >= 11 is 0. The maximum Gasteiger partial charge on any atom is 0.224 e. The quantitative estimate of drug-likeness (QED) is 0.844. The van der Waals surface area contributed by atoms with Crippen LogP contribution < -0.4 is 5.32 Å². The Balaban J connectivity index is 2.52. The summed E-state index contributed by atoms with van der Waals surface area (Å²) in [4.78, 5) is 11.7. The van der Waals surface area contributed by atoms with Crippen molar-refractivity contribution >= 4 is 5.91 Å². The molecule has 0 heterocycles. The maximum absolute atomic E-state index is 11.7. The van der Waals surface area contributed by atoms with E-state index in [0.29, 0.717) is 12.8 Å². The lowest BCUT2D eigenvalue weighted by molar-refractivity contribution is -0.121. The van der Waals surface area contributed by atoms with Gasteiger partial charge in [-0.1, -0.05) is 36.8 Å². The molecular weight excluding hydrogens is 212 g/mol. The highest BCUT2D eigenvalue weighted by Crippen LogP contribution is 2.05. The third-order valence-electron chi connectivity index (χ3n) is 2.64. The van der Waals surface area contributed by atoms with Crippen LogP contribution in [0.5, 0.6) is 0 Å². The number of aryl methyl sites for hydroxylation is 1. The van der Waals surface area contributed by atoms with E-state index in [1.54, 1.807) is 0 Å². The Morgan fingerprint density at radius 2 is 2.29 bits per heavy atom. The molecule has 1 aromatic carbocycles. The van der Waals surface area contributed by atoms with Gasteiger partial charge in [-0.15, -0.1) is 0 Å². The lowest BCUT2D eigenvalue weighted by Crippen LogP contribution is -2.35. The number of hydrogen-bond donors (Lipinski definition) is 1. The largest absolute Gasteiger partial charge is 0.352 e. The fourth-order valence-electron chi connectivity index (χ4n) is 1.69. The number of nitriles is 1. The smallest absolute Gasteiger partial charge is 0.224 e. The Kier molecular flexibility index (Phi) is 5.22. The second-order valence-corrected chi connectivity index (χ2v) is 4.20. The van der Waals surface area contributed by atoms with E-state index in [0.717, 1.165) is 17.5 Å². The van der Waals surface area contributed by atoms with Crippen molar-refractivity contribution in [3.05, 3.63) is 35.4 Å². The number of amides is 1. The first-order chi connectivity index (χ1) is 8.15. The van der Waals surface area contributed by atoms with E-state index in [2.05, 4.69) is 11.4 Å². The van der Waals surface area contributed by atoms with Gasteiger partial charge in [0.2, 0.25) is 5.91 Å². The van der Waals surface area contributed by atoms with E-state index in [9.17, 15) is 4.79 Å². The highest BCUT2D eigenvalue weighted by molar-refractivity contribution is 5.78. The van der Waals surface area contributed by atoms with Gasteiger partial charge in [-0.05, 0) is 18.9 Å². The van der Waals surface area contributed by atoms with E-state index >= 15 is 0 Å². The number of nitrogens with one attached hydrogen (secondary N) is 1. The molecule has 0 aliphatic rings. The fraction of sp³-hybridized carbons (Fsp3) is 0.429. The molecule has 90 valence electrons. The van der Waals surface area contributed by atoms with Gasteiger partial charge in [0.15, 0.2) is 0 Å². The summed E-state index contributed by atoms with van der Waals surface area (Å²) in [6.07, 6.45) is 1.53. The van der Waals surface area contributed by atoms with Crippen LogP contribution in [0, 0.1) is 18.3 Å². The van der Waals surface area contributed by atoms with Crippen LogP contribution in [0.2, 0.25) is 0 Å². The fourth-order valence-corrected chi connectivity index (χ4v) is 1.69. The van der Waals surface area contributed by atoms with Gasteiger partial charge in [-0.3, -0.25) is 4.79 Å². The lowest BCUT2D eigenvalue weighted by atomic mass is 10.1. The highest BCUT2D eigenvalue weighted by Gasteiger charge is 2.10. The second kappa shape index (κ2) is 6.70. The first-order valence-corrected chi connectivity index (χ1v) is 5.87. The Morgan fingerprint density at radius 1 is 1.53 bits per heavy atom. The Morgan fingerprint density at radius 3 is 2.88 bits per heavy atom. The lowest BCUT2D eigenvalue weighted by Gasteiger charge is -2.13. The monoisotopic (exact) mass is 230 g/mol. The maximum atomic E-state index is 11.7. The summed E-state index contributed by atoms with van der Waals surface area (Å²) in [5.41, 5.74) is 2.16. The van der Waals surface area contributed by atoms with E-state index in [1.165, 1.54) is 0 Å².